The largest absolute Gasteiger partial charge is 0.390 e. The van der Waals surface area contributed by atoms with Gasteiger partial charge < -0.3 is 10.4 Å². The molecule has 1 aliphatic heterocycles. The van der Waals surface area contributed by atoms with Gasteiger partial charge in [0.15, 0.2) is 5.82 Å². The number of likely N-dealkylation sites (tertiary alicyclic amines) is 1. The SMILES string of the molecule is Cn1ccc(NC(=O)CN2CC[C@](C)(O)C(C)(C)C2)n1. The molecule has 2 rings (SSSR count). The predicted molar refractivity (Wildman–Crippen MR) is 77.3 cm³/mol. The van der Waals surface area contributed by atoms with Gasteiger partial charge in [0, 0.05) is 37.8 Å². The van der Waals surface area contributed by atoms with Crippen molar-refractivity contribution in [2.24, 2.45) is 12.5 Å². The number of piperidine rings is 1. The van der Waals surface area contributed by atoms with Gasteiger partial charge in [0.2, 0.25) is 5.91 Å². The second kappa shape index (κ2) is 5.18. The van der Waals surface area contributed by atoms with Crippen molar-refractivity contribution in [3.05, 3.63) is 12.3 Å². The molecule has 1 aromatic rings. The molecular weight excluding hydrogens is 256 g/mol. The van der Waals surface area contributed by atoms with Crippen molar-refractivity contribution >= 4 is 11.7 Å². The summed E-state index contributed by atoms with van der Waals surface area (Å²) in [5, 5.41) is 17.3. The van der Waals surface area contributed by atoms with Crippen LogP contribution in [-0.2, 0) is 11.8 Å². The number of rotatable bonds is 3. The van der Waals surface area contributed by atoms with E-state index in [4.69, 9.17) is 0 Å². The molecule has 1 aromatic heterocycles. The molecule has 1 saturated heterocycles. The molecule has 1 aliphatic rings. The Morgan fingerprint density at radius 1 is 1.50 bits per heavy atom. The Morgan fingerprint density at radius 2 is 2.20 bits per heavy atom. The van der Waals surface area contributed by atoms with Crippen molar-refractivity contribution in [2.75, 3.05) is 25.0 Å². The molecule has 0 spiro atoms. The van der Waals surface area contributed by atoms with Gasteiger partial charge >= 0.3 is 0 Å². The van der Waals surface area contributed by atoms with Gasteiger partial charge in [-0.25, -0.2) is 0 Å². The average molecular weight is 280 g/mol. The molecule has 1 amide bonds. The topological polar surface area (TPSA) is 70.4 Å². The van der Waals surface area contributed by atoms with Crippen molar-refractivity contribution in [3.8, 4) is 0 Å². The lowest BCUT2D eigenvalue weighted by Gasteiger charge is -2.48. The zero-order chi connectivity index (χ0) is 15.0. The molecule has 112 valence electrons. The Bertz CT molecular complexity index is 493. The fourth-order valence-corrected chi connectivity index (χ4v) is 2.52. The zero-order valence-electron chi connectivity index (χ0n) is 12.7. The smallest absolute Gasteiger partial charge is 0.239 e. The first-order valence-corrected chi connectivity index (χ1v) is 6.94. The fraction of sp³-hybridized carbons (Fsp3) is 0.714. The Hall–Kier alpha value is -1.40. The van der Waals surface area contributed by atoms with E-state index in [9.17, 15) is 9.90 Å². The minimum Gasteiger partial charge on any atom is -0.390 e. The number of carbonyl (C=O) groups excluding carboxylic acids is 1. The average Bonchev–Trinajstić information content (AvgIpc) is 2.69. The fourth-order valence-electron chi connectivity index (χ4n) is 2.52. The van der Waals surface area contributed by atoms with E-state index in [1.54, 1.807) is 16.9 Å². The van der Waals surface area contributed by atoms with Gasteiger partial charge in [-0.3, -0.25) is 14.4 Å². The summed E-state index contributed by atoms with van der Waals surface area (Å²) in [6.45, 7) is 7.71. The van der Waals surface area contributed by atoms with E-state index in [1.165, 1.54) is 0 Å². The lowest BCUT2D eigenvalue weighted by molar-refractivity contribution is -0.125. The van der Waals surface area contributed by atoms with Crippen molar-refractivity contribution in [2.45, 2.75) is 32.8 Å². The van der Waals surface area contributed by atoms with Gasteiger partial charge in [0.25, 0.3) is 0 Å². The highest BCUT2D eigenvalue weighted by Gasteiger charge is 2.44. The van der Waals surface area contributed by atoms with Crippen LogP contribution in [0, 0.1) is 5.41 Å². The minimum atomic E-state index is -0.680. The highest BCUT2D eigenvalue weighted by molar-refractivity contribution is 5.91. The Balaban J connectivity index is 1.89. The maximum Gasteiger partial charge on any atom is 0.239 e. The van der Waals surface area contributed by atoms with E-state index < -0.39 is 5.60 Å². The number of aliphatic hydroxyl groups is 1. The summed E-state index contributed by atoms with van der Waals surface area (Å²) in [6, 6.07) is 1.77. The first kappa shape index (κ1) is 15.0. The van der Waals surface area contributed by atoms with Gasteiger partial charge in [-0.2, -0.15) is 5.10 Å². The van der Waals surface area contributed by atoms with Crippen LogP contribution in [0.25, 0.3) is 0 Å². The zero-order valence-corrected chi connectivity index (χ0v) is 12.7. The number of amides is 1. The second-order valence-electron chi connectivity index (χ2n) is 6.54. The molecule has 0 unspecified atom stereocenters. The molecule has 2 heterocycles. The summed E-state index contributed by atoms with van der Waals surface area (Å²) in [7, 11) is 1.81. The van der Waals surface area contributed by atoms with Crippen molar-refractivity contribution in [1.82, 2.24) is 14.7 Å². The summed E-state index contributed by atoms with van der Waals surface area (Å²) >= 11 is 0. The van der Waals surface area contributed by atoms with Crippen LogP contribution in [0.5, 0.6) is 0 Å². The van der Waals surface area contributed by atoms with Crippen LogP contribution in [0.3, 0.4) is 0 Å². The van der Waals surface area contributed by atoms with Gasteiger partial charge in [0.05, 0.1) is 12.1 Å². The van der Waals surface area contributed by atoms with Crippen LogP contribution in [0.2, 0.25) is 0 Å². The Labute approximate surface area is 119 Å². The molecule has 0 aromatic carbocycles. The monoisotopic (exact) mass is 280 g/mol. The summed E-state index contributed by atoms with van der Waals surface area (Å²) in [4.78, 5) is 14.1. The van der Waals surface area contributed by atoms with E-state index in [1.807, 2.05) is 27.8 Å². The van der Waals surface area contributed by atoms with Gasteiger partial charge in [-0.15, -0.1) is 0 Å². The molecule has 1 fully saturated rings. The van der Waals surface area contributed by atoms with Crippen LogP contribution >= 0.6 is 0 Å². The normalized spacial score (nSPS) is 26.4. The molecule has 0 saturated carbocycles. The van der Waals surface area contributed by atoms with Gasteiger partial charge in [0.1, 0.15) is 0 Å². The first-order chi connectivity index (χ1) is 9.19. The molecule has 2 N–H and O–H groups in total. The summed E-state index contributed by atoms with van der Waals surface area (Å²) in [6.07, 6.45) is 2.47. The summed E-state index contributed by atoms with van der Waals surface area (Å²) in [5.41, 5.74) is -0.905. The van der Waals surface area contributed by atoms with E-state index >= 15 is 0 Å². The second-order valence-corrected chi connectivity index (χ2v) is 6.54. The van der Waals surface area contributed by atoms with Crippen molar-refractivity contribution in [1.29, 1.82) is 0 Å². The van der Waals surface area contributed by atoms with E-state index in [0.29, 0.717) is 25.3 Å². The third-order valence-electron chi connectivity index (χ3n) is 4.34. The first-order valence-electron chi connectivity index (χ1n) is 6.94. The highest BCUT2D eigenvalue weighted by atomic mass is 16.3. The maximum absolute atomic E-state index is 12.0. The predicted octanol–water partition coefficient (Wildman–Crippen LogP) is 0.841. The van der Waals surface area contributed by atoms with E-state index in [0.717, 1.165) is 6.54 Å². The number of hydrogen-bond acceptors (Lipinski definition) is 4. The molecule has 6 heteroatoms. The van der Waals surface area contributed by atoms with Crippen LogP contribution in [0.15, 0.2) is 12.3 Å². The lowest BCUT2D eigenvalue weighted by Crippen LogP contribution is -2.56. The molecule has 1 atom stereocenters. The molecule has 20 heavy (non-hydrogen) atoms. The number of anilines is 1. The van der Waals surface area contributed by atoms with Crippen LogP contribution in [0.1, 0.15) is 27.2 Å². The van der Waals surface area contributed by atoms with Crippen LogP contribution in [-0.4, -0.2) is 50.9 Å². The Kier molecular flexibility index (Phi) is 3.88. The number of nitrogens with one attached hydrogen (secondary N) is 1. The van der Waals surface area contributed by atoms with E-state index in [2.05, 4.69) is 15.3 Å². The van der Waals surface area contributed by atoms with Crippen molar-refractivity contribution in [3.63, 3.8) is 0 Å². The Morgan fingerprint density at radius 3 is 2.75 bits per heavy atom. The number of aryl methyl sites for hydroxylation is 1. The molecule has 0 bridgehead atoms. The van der Waals surface area contributed by atoms with Crippen molar-refractivity contribution < 1.29 is 9.90 Å². The van der Waals surface area contributed by atoms with Crippen LogP contribution in [0.4, 0.5) is 5.82 Å². The standard InChI is InChI=1S/C14H24N4O2/c1-13(2)10-18(8-6-14(13,3)20)9-12(19)15-11-5-7-17(4)16-11/h5,7,20H,6,8-10H2,1-4H3,(H,15,16,19)/t14-/m0/s1. The van der Waals surface area contributed by atoms with E-state index in [-0.39, 0.29) is 11.3 Å². The van der Waals surface area contributed by atoms with Gasteiger partial charge in [-0.1, -0.05) is 13.8 Å². The number of carbonyl (C=O) groups is 1. The molecular formula is C14H24N4O2. The quantitative estimate of drug-likeness (QED) is 0.861. The number of aromatic nitrogens is 2. The minimum absolute atomic E-state index is 0.0685. The molecule has 6 nitrogen and oxygen atoms in total. The molecule has 0 radical (unpaired) electrons. The number of hydrogen-bond donors (Lipinski definition) is 2. The maximum atomic E-state index is 12.0. The summed E-state index contributed by atoms with van der Waals surface area (Å²) < 4.78 is 1.65. The van der Waals surface area contributed by atoms with Gasteiger partial charge in [-0.05, 0) is 13.3 Å². The lowest BCUT2D eigenvalue weighted by atomic mass is 9.71. The number of nitrogens with zero attached hydrogens (tertiary/aromatic N) is 3. The molecule has 0 aliphatic carbocycles. The third-order valence-corrected chi connectivity index (χ3v) is 4.34. The third kappa shape index (κ3) is 3.19. The summed E-state index contributed by atoms with van der Waals surface area (Å²) in [5.74, 6) is 0.502. The van der Waals surface area contributed by atoms with Crippen LogP contribution < -0.4 is 5.32 Å². The highest BCUT2D eigenvalue weighted by Crippen LogP contribution is 2.37.